The van der Waals surface area contributed by atoms with E-state index in [4.69, 9.17) is 0 Å². The van der Waals surface area contributed by atoms with E-state index in [1.54, 1.807) is 6.20 Å². The number of hydrogen-bond acceptors (Lipinski definition) is 4. The van der Waals surface area contributed by atoms with Crippen molar-refractivity contribution in [3.63, 3.8) is 0 Å². The zero-order chi connectivity index (χ0) is 11.0. The molecule has 0 bridgehead atoms. The Morgan fingerprint density at radius 2 is 2.31 bits per heavy atom. The maximum Gasteiger partial charge on any atom is 0.0790 e. The van der Waals surface area contributed by atoms with Crippen molar-refractivity contribution in [3.8, 4) is 0 Å². The van der Waals surface area contributed by atoms with E-state index in [-0.39, 0.29) is 0 Å². The van der Waals surface area contributed by atoms with E-state index < -0.39 is 0 Å². The van der Waals surface area contributed by atoms with Crippen LogP contribution in [0.4, 0.5) is 0 Å². The average molecular weight is 234 g/mol. The summed E-state index contributed by atoms with van der Waals surface area (Å²) in [4.78, 5) is 5.29. The van der Waals surface area contributed by atoms with Crippen LogP contribution in [-0.2, 0) is 6.54 Å². The minimum atomic E-state index is 0.517. The van der Waals surface area contributed by atoms with Gasteiger partial charge < -0.3 is 0 Å². The molecular weight excluding hydrogens is 220 g/mol. The molecule has 0 unspecified atom stereocenters. The summed E-state index contributed by atoms with van der Waals surface area (Å²) in [7, 11) is 0. The fourth-order valence-electron chi connectivity index (χ4n) is 2.04. The smallest absolute Gasteiger partial charge is 0.0790 e. The molecular formula is C11H14N4S. The molecule has 5 heteroatoms. The van der Waals surface area contributed by atoms with E-state index in [1.807, 2.05) is 22.2 Å². The second-order valence-corrected chi connectivity index (χ2v) is 5.62. The van der Waals surface area contributed by atoms with Crippen molar-refractivity contribution < 1.29 is 0 Å². The second kappa shape index (κ2) is 3.99. The molecule has 16 heavy (non-hydrogen) atoms. The zero-order valence-corrected chi connectivity index (χ0v) is 10.0. The number of rotatable bonds is 3. The van der Waals surface area contributed by atoms with Gasteiger partial charge in [0, 0.05) is 35.6 Å². The number of aryl methyl sites for hydroxylation is 1. The SMILES string of the molecule is Cc1ccc(CN2CC(n3ccnn3)C2)s1. The molecule has 4 nitrogen and oxygen atoms in total. The van der Waals surface area contributed by atoms with Gasteiger partial charge in [-0.15, -0.1) is 16.4 Å². The highest BCUT2D eigenvalue weighted by molar-refractivity contribution is 7.11. The minimum Gasteiger partial charge on any atom is -0.294 e. The standard InChI is InChI=1S/C11H14N4S/c1-9-2-3-11(16-9)8-14-6-10(7-14)15-5-4-12-13-15/h2-5,10H,6-8H2,1H3. The topological polar surface area (TPSA) is 34.0 Å². The third-order valence-electron chi connectivity index (χ3n) is 2.93. The van der Waals surface area contributed by atoms with Gasteiger partial charge in [-0.1, -0.05) is 5.21 Å². The minimum absolute atomic E-state index is 0.517. The van der Waals surface area contributed by atoms with Gasteiger partial charge in [0.25, 0.3) is 0 Å². The number of aromatic nitrogens is 3. The maximum atomic E-state index is 4.03. The van der Waals surface area contributed by atoms with Crippen molar-refractivity contribution in [3.05, 3.63) is 34.3 Å². The summed E-state index contributed by atoms with van der Waals surface area (Å²) >= 11 is 1.89. The quantitative estimate of drug-likeness (QED) is 0.810. The Bertz CT molecular complexity index is 456. The van der Waals surface area contributed by atoms with Gasteiger partial charge in [0.15, 0.2) is 0 Å². The van der Waals surface area contributed by atoms with Gasteiger partial charge in [0.1, 0.15) is 0 Å². The third kappa shape index (κ3) is 1.88. The van der Waals surface area contributed by atoms with Crippen molar-refractivity contribution in [2.75, 3.05) is 13.1 Å². The van der Waals surface area contributed by atoms with Gasteiger partial charge in [-0.2, -0.15) is 0 Å². The number of hydrogen-bond donors (Lipinski definition) is 0. The summed E-state index contributed by atoms with van der Waals surface area (Å²) in [5.74, 6) is 0. The Hall–Kier alpha value is -1.20. The molecule has 1 aliphatic rings. The molecule has 0 N–H and O–H groups in total. The van der Waals surface area contributed by atoms with Gasteiger partial charge in [0.05, 0.1) is 12.2 Å². The zero-order valence-electron chi connectivity index (χ0n) is 9.21. The highest BCUT2D eigenvalue weighted by Crippen LogP contribution is 2.24. The third-order valence-corrected chi connectivity index (χ3v) is 3.91. The molecule has 2 aromatic heterocycles. The summed E-state index contributed by atoms with van der Waals surface area (Å²) in [6, 6.07) is 4.93. The summed E-state index contributed by atoms with van der Waals surface area (Å²) in [6.45, 7) is 5.40. The first-order chi connectivity index (χ1) is 7.81. The molecule has 0 saturated carbocycles. The lowest BCUT2D eigenvalue weighted by atomic mass is 10.1. The Labute approximate surface area is 98.5 Å². The predicted octanol–water partition coefficient (Wildman–Crippen LogP) is 1.70. The van der Waals surface area contributed by atoms with E-state index in [9.17, 15) is 0 Å². The van der Waals surface area contributed by atoms with Gasteiger partial charge in [-0.3, -0.25) is 4.90 Å². The highest BCUT2D eigenvalue weighted by atomic mass is 32.1. The molecule has 3 rings (SSSR count). The first-order valence-corrected chi connectivity index (χ1v) is 6.26. The lowest BCUT2D eigenvalue weighted by Gasteiger charge is -2.38. The lowest BCUT2D eigenvalue weighted by molar-refractivity contribution is 0.0907. The van der Waals surface area contributed by atoms with Crippen LogP contribution in [0.1, 0.15) is 15.8 Å². The molecule has 3 heterocycles. The normalized spacial score (nSPS) is 17.6. The molecule has 2 aromatic rings. The average Bonchev–Trinajstić information content (AvgIpc) is 2.82. The molecule has 0 aliphatic carbocycles. The van der Waals surface area contributed by atoms with Crippen LogP contribution in [0.3, 0.4) is 0 Å². The molecule has 0 spiro atoms. The van der Waals surface area contributed by atoms with Crippen molar-refractivity contribution in [2.45, 2.75) is 19.5 Å². The number of nitrogens with zero attached hydrogens (tertiary/aromatic N) is 4. The van der Waals surface area contributed by atoms with Crippen molar-refractivity contribution >= 4 is 11.3 Å². The van der Waals surface area contributed by atoms with Crippen molar-refractivity contribution in [1.29, 1.82) is 0 Å². The van der Waals surface area contributed by atoms with E-state index in [1.165, 1.54) is 9.75 Å². The van der Waals surface area contributed by atoms with Crippen LogP contribution in [0, 0.1) is 6.92 Å². The fraction of sp³-hybridized carbons (Fsp3) is 0.455. The molecule has 1 aliphatic heterocycles. The van der Waals surface area contributed by atoms with E-state index in [0.29, 0.717) is 6.04 Å². The number of thiophene rings is 1. The van der Waals surface area contributed by atoms with E-state index >= 15 is 0 Å². The maximum absolute atomic E-state index is 4.03. The predicted molar refractivity (Wildman–Crippen MR) is 63.4 cm³/mol. The Morgan fingerprint density at radius 3 is 2.94 bits per heavy atom. The largest absolute Gasteiger partial charge is 0.294 e. The summed E-state index contributed by atoms with van der Waals surface area (Å²) in [5.41, 5.74) is 0. The number of likely N-dealkylation sites (tertiary alicyclic amines) is 1. The summed E-state index contributed by atoms with van der Waals surface area (Å²) in [6.07, 6.45) is 3.68. The molecule has 1 saturated heterocycles. The summed E-state index contributed by atoms with van der Waals surface area (Å²) in [5, 5.41) is 7.86. The molecule has 0 aromatic carbocycles. The van der Waals surface area contributed by atoms with Gasteiger partial charge in [-0.25, -0.2) is 4.68 Å². The lowest BCUT2D eigenvalue weighted by Crippen LogP contribution is -2.47. The monoisotopic (exact) mass is 234 g/mol. The van der Waals surface area contributed by atoms with Crippen LogP contribution in [-0.4, -0.2) is 33.0 Å². The molecule has 84 valence electrons. The van der Waals surface area contributed by atoms with Crippen LogP contribution in [0.5, 0.6) is 0 Å². The summed E-state index contributed by atoms with van der Waals surface area (Å²) < 4.78 is 1.95. The molecule has 0 atom stereocenters. The first kappa shape index (κ1) is 9.99. The van der Waals surface area contributed by atoms with Crippen LogP contribution in [0.25, 0.3) is 0 Å². The highest BCUT2D eigenvalue weighted by Gasteiger charge is 2.28. The Morgan fingerprint density at radius 1 is 1.44 bits per heavy atom. The molecule has 1 fully saturated rings. The van der Waals surface area contributed by atoms with Crippen LogP contribution in [0.15, 0.2) is 24.5 Å². The van der Waals surface area contributed by atoms with Gasteiger partial charge >= 0.3 is 0 Å². The van der Waals surface area contributed by atoms with Crippen LogP contribution >= 0.6 is 11.3 Å². The van der Waals surface area contributed by atoms with Crippen molar-refractivity contribution in [2.24, 2.45) is 0 Å². The van der Waals surface area contributed by atoms with Crippen LogP contribution in [0.2, 0.25) is 0 Å². The van der Waals surface area contributed by atoms with E-state index in [0.717, 1.165) is 19.6 Å². The molecule has 0 radical (unpaired) electrons. The second-order valence-electron chi connectivity index (χ2n) is 4.24. The van der Waals surface area contributed by atoms with E-state index in [2.05, 4.69) is 34.3 Å². The first-order valence-electron chi connectivity index (χ1n) is 5.45. The van der Waals surface area contributed by atoms with Gasteiger partial charge in [-0.05, 0) is 19.1 Å². The Kier molecular flexibility index (Phi) is 2.49. The molecule has 0 amide bonds. The van der Waals surface area contributed by atoms with Crippen LogP contribution < -0.4 is 0 Å². The van der Waals surface area contributed by atoms with Crippen molar-refractivity contribution in [1.82, 2.24) is 19.9 Å². The Balaban J connectivity index is 1.54. The van der Waals surface area contributed by atoms with Gasteiger partial charge in [0.2, 0.25) is 0 Å². The fourth-order valence-corrected chi connectivity index (χ4v) is 2.97.